The molecule has 0 aliphatic heterocycles. The molecule has 4 rings (SSSR count). The van der Waals surface area contributed by atoms with Crippen LogP contribution in [0.15, 0.2) is 24.4 Å². The van der Waals surface area contributed by atoms with Gasteiger partial charge < -0.3 is 20.7 Å². The summed E-state index contributed by atoms with van der Waals surface area (Å²) in [6, 6.07) is 4.19. The van der Waals surface area contributed by atoms with Crippen LogP contribution in [-0.2, 0) is 11.8 Å². The first-order valence-electron chi connectivity index (χ1n) is 9.82. The van der Waals surface area contributed by atoms with Gasteiger partial charge >= 0.3 is 0 Å². The SMILES string of the molecule is CNC(=O)c1nnc(NC(=O)C2CC2)cc1Nc1c(F)ccc(-c2cnn(C)n2)c1OC. The van der Waals surface area contributed by atoms with Gasteiger partial charge in [0.1, 0.15) is 11.4 Å². The van der Waals surface area contributed by atoms with Gasteiger partial charge in [0.05, 0.1) is 19.0 Å². The van der Waals surface area contributed by atoms with Crippen LogP contribution in [0.1, 0.15) is 23.3 Å². The molecule has 0 atom stereocenters. The number of methoxy groups -OCH3 is 1. The number of ether oxygens (including phenoxy) is 1. The molecule has 1 saturated carbocycles. The molecule has 0 spiro atoms. The van der Waals surface area contributed by atoms with E-state index < -0.39 is 11.7 Å². The minimum absolute atomic E-state index is 0.0340. The Bertz CT molecular complexity index is 1190. The number of aryl methyl sites for hydroxylation is 1. The highest BCUT2D eigenvalue weighted by molar-refractivity contribution is 6.00. The summed E-state index contributed by atoms with van der Waals surface area (Å²) >= 11 is 0. The summed E-state index contributed by atoms with van der Waals surface area (Å²) < 4.78 is 20.3. The fourth-order valence-corrected chi connectivity index (χ4v) is 3.10. The smallest absolute Gasteiger partial charge is 0.273 e. The fourth-order valence-electron chi connectivity index (χ4n) is 3.10. The second kappa shape index (κ2) is 8.57. The van der Waals surface area contributed by atoms with Crippen molar-refractivity contribution in [3.8, 4) is 17.0 Å². The number of nitrogens with zero attached hydrogens (tertiary/aromatic N) is 5. The number of carbonyl (C=O) groups excluding carboxylic acids is 2. The summed E-state index contributed by atoms with van der Waals surface area (Å²) in [5.41, 5.74) is 0.995. The van der Waals surface area contributed by atoms with Gasteiger partial charge in [-0.3, -0.25) is 9.59 Å². The lowest BCUT2D eigenvalue weighted by Gasteiger charge is -2.17. The number of anilines is 3. The predicted octanol–water partition coefficient (Wildman–Crippen LogP) is 1.87. The maximum atomic E-state index is 14.9. The lowest BCUT2D eigenvalue weighted by atomic mass is 10.1. The highest BCUT2D eigenvalue weighted by atomic mass is 19.1. The van der Waals surface area contributed by atoms with E-state index in [1.807, 2.05) is 0 Å². The van der Waals surface area contributed by atoms with Crippen molar-refractivity contribution in [2.24, 2.45) is 13.0 Å². The van der Waals surface area contributed by atoms with Crippen molar-refractivity contribution in [1.82, 2.24) is 30.5 Å². The average molecular weight is 440 g/mol. The lowest BCUT2D eigenvalue weighted by molar-refractivity contribution is -0.117. The van der Waals surface area contributed by atoms with Crippen molar-refractivity contribution in [3.63, 3.8) is 0 Å². The van der Waals surface area contributed by atoms with E-state index in [2.05, 4.69) is 36.3 Å². The van der Waals surface area contributed by atoms with Crippen LogP contribution in [0, 0.1) is 11.7 Å². The van der Waals surface area contributed by atoms with Gasteiger partial charge in [0.25, 0.3) is 5.91 Å². The van der Waals surface area contributed by atoms with Crippen LogP contribution in [-0.4, -0.2) is 51.2 Å². The zero-order valence-electron chi connectivity index (χ0n) is 17.6. The van der Waals surface area contributed by atoms with Gasteiger partial charge in [-0.15, -0.1) is 10.2 Å². The normalized spacial score (nSPS) is 12.9. The highest BCUT2D eigenvalue weighted by Crippen LogP contribution is 2.39. The van der Waals surface area contributed by atoms with E-state index in [0.717, 1.165) is 12.8 Å². The maximum Gasteiger partial charge on any atom is 0.273 e. The monoisotopic (exact) mass is 440 g/mol. The number of halogens is 1. The topological polar surface area (TPSA) is 136 Å². The van der Waals surface area contributed by atoms with Gasteiger partial charge in [-0.2, -0.15) is 15.0 Å². The number of benzene rings is 1. The van der Waals surface area contributed by atoms with Gasteiger partial charge in [-0.1, -0.05) is 0 Å². The molecule has 0 saturated heterocycles. The van der Waals surface area contributed by atoms with Crippen LogP contribution in [0.25, 0.3) is 11.3 Å². The molecule has 2 aromatic heterocycles. The molecule has 166 valence electrons. The molecule has 11 nitrogen and oxygen atoms in total. The number of carbonyl (C=O) groups is 2. The van der Waals surface area contributed by atoms with Crippen molar-refractivity contribution in [3.05, 3.63) is 35.9 Å². The van der Waals surface area contributed by atoms with Crippen LogP contribution < -0.4 is 20.7 Å². The minimum Gasteiger partial charge on any atom is -0.494 e. The highest BCUT2D eigenvalue weighted by Gasteiger charge is 2.30. The molecule has 12 heteroatoms. The Balaban J connectivity index is 1.76. The Morgan fingerprint density at radius 3 is 2.66 bits per heavy atom. The molecular weight excluding hydrogens is 419 g/mol. The van der Waals surface area contributed by atoms with E-state index in [9.17, 15) is 14.0 Å². The van der Waals surface area contributed by atoms with E-state index in [4.69, 9.17) is 4.74 Å². The van der Waals surface area contributed by atoms with Crippen LogP contribution in [0.4, 0.5) is 21.6 Å². The van der Waals surface area contributed by atoms with E-state index in [1.165, 1.54) is 43.3 Å². The Kier molecular flexibility index (Phi) is 5.67. The molecule has 0 bridgehead atoms. The zero-order valence-corrected chi connectivity index (χ0v) is 17.6. The lowest BCUT2D eigenvalue weighted by Crippen LogP contribution is -2.22. The van der Waals surface area contributed by atoms with Crippen molar-refractivity contribution in [2.45, 2.75) is 12.8 Å². The molecule has 0 unspecified atom stereocenters. The first kappa shape index (κ1) is 21.2. The number of aromatic nitrogens is 5. The molecule has 32 heavy (non-hydrogen) atoms. The molecule has 1 aromatic carbocycles. The van der Waals surface area contributed by atoms with E-state index >= 15 is 0 Å². The van der Waals surface area contributed by atoms with Gasteiger partial charge in [-0.25, -0.2) is 4.39 Å². The van der Waals surface area contributed by atoms with E-state index in [-0.39, 0.29) is 40.5 Å². The number of amides is 2. The van der Waals surface area contributed by atoms with E-state index in [1.54, 1.807) is 7.05 Å². The molecule has 3 aromatic rings. The van der Waals surface area contributed by atoms with Gasteiger partial charge in [-0.05, 0) is 25.0 Å². The first-order chi connectivity index (χ1) is 15.4. The summed E-state index contributed by atoms with van der Waals surface area (Å²) in [6.45, 7) is 0. The van der Waals surface area contributed by atoms with Gasteiger partial charge in [0, 0.05) is 31.6 Å². The largest absolute Gasteiger partial charge is 0.494 e. The molecule has 2 heterocycles. The molecule has 3 N–H and O–H groups in total. The summed E-state index contributed by atoms with van der Waals surface area (Å²) in [5, 5.41) is 24.1. The molecule has 1 fully saturated rings. The Hall–Kier alpha value is -4.09. The number of rotatable bonds is 7. The Morgan fingerprint density at radius 1 is 1.25 bits per heavy atom. The number of nitrogens with one attached hydrogen (secondary N) is 3. The van der Waals surface area contributed by atoms with E-state index in [0.29, 0.717) is 11.3 Å². The standard InChI is InChI=1S/C20H21FN8O3/c1-22-20(31)17-13(8-15(26-27-17)25-19(30)10-4-5-10)24-16-12(21)7-6-11(18(16)32-3)14-9-23-29(2)28-14/h6-10H,4-5H2,1-3H3,(H,22,31)(H2,24,25,26,30). The minimum atomic E-state index is -0.627. The predicted molar refractivity (Wildman–Crippen MR) is 113 cm³/mol. The van der Waals surface area contributed by atoms with Crippen molar-refractivity contribution in [2.75, 3.05) is 24.8 Å². The quantitative estimate of drug-likeness (QED) is 0.507. The van der Waals surface area contributed by atoms with Crippen LogP contribution in [0.3, 0.4) is 0 Å². The molecule has 1 aliphatic carbocycles. The third-order valence-electron chi connectivity index (χ3n) is 4.88. The van der Waals surface area contributed by atoms with Gasteiger partial charge in [0.15, 0.2) is 23.1 Å². The van der Waals surface area contributed by atoms with Crippen molar-refractivity contribution >= 4 is 29.0 Å². The molecular formula is C20H21FN8O3. The summed E-state index contributed by atoms with van der Waals surface area (Å²) in [7, 11) is 4.49. The number of hydrogen-bond acceptors (Lipinski definition) is 8. The van der Waals surface area contributed by atoms with Crippen LogP contribution in [0.2, 0.25) is 0 Å². The number of hydrogen-bond donors (Lipinski definition) is 3. The second-order valence-corrected chi connectivity index (χ2v) is 7.18. The Labute approximate surface area is 182 Å². The summed E-state index contributed by atoms with van der Waals surface area (Å²) in [5.74, 6) is -1.09. The average Bonchev–Trinajstić information content (AvgIpc) is 3.55. The summed E-state index contributed by atoms with van der Waals surface area (Å²) in [6.07, 6.45) is 3.16. The third-order valence-corrected chi connectivity index (χ3v) is 4.88. The third kappa shape index (κ3) is 4.19. The van der Waals surface area contributed by atoms with Crippen LogP contribution >= 0.6 is 0 Å². The molecule has 1 aliphatic rings. The second-order valence-electron chi connectivity index (χ2n) is 7.18. The van der Waals surface area contributed by atoms with Gasteiger partial charge in [0.2, 0.25) is 5.91 Å². The van der Waals surface area contributed by atoms with Crippen LogP contribution in [0.5, 0.6) is 5.75 Å². The summed E-state index contributed by atoms with van der Waals surface area (Å²) in [4.78, 5) is 25.8. The fraction of sp³-hybridized carbons (Fsp3) is 0.300. The first-order valence-corrected chi connectivity index (χ1v) is 9.82. The zero-order chi connectivity index (χ0) is 22.8. The van der Waals surface area contributed by atoms with Crippen molar-refractivity contribution < 1.29 is 18.7 Å². The maximum absolute atomic E-state index is 14.9. The molecule has 0 radical (unpaired) electrons. The Morgan fingerprint density at radius 2 is 2.03 bits per heavy atom. The van der Waals surface area contributed by atoms with Crippen molar-refractivity contribution in [1.29, 1.82) is 0 Å². The molecule has 2 amide bonds.